The first-order valence-corrected chi connectivity index (χ1v) is 11.5. The molecule has 2 atom stereocenters. The molecular formula is C24H36N6O. The van der Waals surface area contributed by atoms with Gasteiger partial charge in [0.15, 0.2) is 5.96 Å². The van der Waals surface area contributed by atoms with Crippen LogP contribution >= 0.6 is 0 Å². The minimum absolute atomic E-state index is 0.272. The van der Waals surface area contributed by atoms with E-state index in [9.17, 15) is 4.79 Å². The van der Waals surface area contributed by atoms with Gasteiger partial charge in [-0.1, -0.05) is 26.0 Å². The topological polar surface area (TPSA) is 75.0 Å². The van der Waals surface area contributed by atoms with Crippen molar-refractivity contribution in [2.24, 2.45) is 16.8 Å². The molecule has 0 radical (unpaired) electrons. The summed E-state index contributed by atoms with van der Waals surface area (Å²) in [6.07, 6.45) is 1.22. The summed E-state index contributed by atoms with van der Waals surface area (Å²) in [6, 6.07) is 9.72. The molecule has 0 aromatic heterocycles. The number of benzene rings is 1. The molecule has 1 amide bonds. The number of nitrogens with one attached hydrogen (secondary N) is 1. The van der Waals surface area contributed by atoms with Crippen molar-refractivity contribution in [2.45, 2.75) is 33.7 Å². The van der Waals surface area contributed by atoms with Crippen LogP contribution in [-0.4, -0.2) is 78.9 Å². The summed E-state index contributed by atoms with van der Waals surface area (Å²) in [7, 11) is 0. The second-order valence-corrected chi connectivity index (χ2v) is 8.99. The van der Waals surface area contributed by atoms with Crippen LogP contribution in [0.3, 0.4) is 0 Å². The smallest absolute Gasteiger partial charge is 0.236 e. The van der Waals surface area contributed by atoms with Crippen LogP contribution in [0.4, 0.5) is 0 Å². The number of nitrogens with zero attached hydrogens (tertiary/aromatic N) is 5. The van der Waals surface area contributed by atoms with E-state index in [1.165, 1.54) is 6.42 Å². The van der Waals surface area contributed by atoms with E-state index >= 15 is 0 Å². The Morgan fingerprint density at radius 2 is 1.74 bits per heavy atom. The Bertz CT molecular complexity index is 781. The van der Waals surface area contributed by atoms with Crippen LogP contribution in [0.1, 0.15) is 38.3 Å². The highest BCUT2D eigenvalue weighted by molar-refractivity contribution is 5.80. The average molecular weight is 425 g/mol. The van der Waals surface area contributed by atoms with Crippen LogP contribution in [-0.2, 0) is 11.3 Å². The summed E-state index contributed by atoms with van der Waals surface area (Å²) >= 11 is 0. The third-order valence-electron chi connectivity index (χ3n) is 6.08. The number of hydrogen-bond donors (Lipinski definition) is 1. The summed E-state index contributed by atoms with van der Waals surface area (Å²) in [5, 5.41) is 12.3. The highest BCUT2D eigenvalue weighted by atomic mass is 16.2. The molecule has 31 heavy (non-hydrogen) atoms. The van der Waals surface area contributed by atoms with Crippen molar-refractivity contribution in [3.8, 4) is 6.07 Å². The molecule has 0 spiro atoms. The first-order valence-electron chi connectivity index (χ1n) is 11.5. The first-order chi connectivity index (χ1) is 15.0. The maximum atomic E-state index is 12.8. The van der Waals surface area contributed by atoms with Gasteiger partial charge in [-0.05, 0) is 42.9 Å². The predicted molar refractivity (Wildman–Crippen MR) is 124 cm³/mol. The lowest BCUT2D eigenvalue weighted by atomic mass is 9.92. The molecule has 2 unspecified atom stereocenters. The standard InChI is InChI=1S/C24H36N6O/c1-4-26-24(27-15-22-7-5-21(14-25)6-8-22)29-11-9-28(10-12-29)18-23(31)30-16-19(2)13-20(3)17-30/h5-8,19-20H,4,9-13,15-18H2,1-3H3,(H,26,27). The van der Waals surface area contributed by atoms with E-state index in [4.69, 9.17) is 10.3 Å². The number of rotatable bonds is 5. The van der Waals surface area contributed by atoms with E-state index in [0.29, 0.717) is 30.5 Å². The van der Waals surface area contributed by atoms with Crippen LogP contribution in [0.5, 0.6) is 0 Å². The van der Waals surface area contributed by atoms with E-state index in [-0.39, 0.29) is 5.91 Å². The molecule has 2 aliphatic rings. The van der Waals surface area contributed by atoms with Crippen molar-refractivity contribution in [3.05, 3.63) is 35.4 Å². The van der Waals surface area contributed by atoms with E-state index in [1.807, 2.05) is 24.3 Å². The number of amides is 1. The number of likely N-dealkylation sites (tertiary alicyclic amines) is 1. The Morgan fingerprint density at radius 1 is 1.10 bits per heavy atom. The summed E-state index contributed by atoms with van der Waals surface area (Å²) in [5.41, 5.74) is 1.75. The van der Waals surface area contributed by atoms with Crippen molar-refractivity contribution < 1.29 is 4.79 Å². The average Bonchev–Trinajstić information content (AvgIpc) is 2.77. The summed E-state index contributed by atoms with van der Waals surface area (Å²) in [5.74, 6) is 2.38. The van der Waals surface area contributed by atoms with Gasteiger partial charge >= 0.3 is 0 Å². The van der Waals surface area contributed by atoms with Gasteiger partial charge in [-0.3, -0.25) is 9.69 Å². The molecule has 1 aromatic carbocycles. The molecular weight excluding hydrogens is 388 g/mol. The van der Waals surface area contributed by atoms with Gasteiger partial charge < -0.3 is 15.1 Å². The Balaban J connectivity index is 1.51. The maximum absolute atomic E-state index is 12.8. The Morgan fingerprint density at radius 3 is 2.32 bits per heavy atom. The van der Waals surface area contributed by atoms with Crippen LogP contribution in [0, 0.1) is 23.2 Å². The largest absolute Gasteiger partial charge is 0.357 e. The number of nitriles is 1. The van der Waals surface area contributed by atoms with Gasteiger partial charge in [0, 0.05) is 45.8 Å². The number of aliphatic imine (C=N–C) groups is 1. The Labute approximate surface area is 186 Å². The molecule has 2 aliphatic heterocycles. The fourth-order valence-electron chi connectivity index (χ4n) is 4.55. The molecule has 0 aliphatic carbocycles. The molecule has 2 saturated heterocycles. The van der Waals surface area contributed by atoms with Crippen molar-refractivity contribution in [2.75, 3.05) is 52.4 Å². The zero-order chi connectivity index (χ0) is 22.2. The van der Waals surface area contributed by atoms with Gasteiger partial charge in [-0.15, -0.1) is 0 Å². The van der Waals surface area contributed by atoms with E-state index < -0.39 is 0 Å². The summed E-state index contributed by atoms with van der Waals surface area (Å²) in [4.78, 5) is 24.2. The quantitative estimate of drug-likeness (QED) is 0.579. The van der Waals surface area contributed by atoms with Crippen LogP contribution in [0.25, 0.3) is 0 Å². The summed E-state index contributed by atoms with van der Waals surface area (Å²) in [6.45, 7) is 13.7. The van der Waals surface area contributed by atoms with Crippen LogP contribution in [0.15, 0.2) is 29.3 Å². The zero-order valence-electron chi connectivity index (χ0n) is 19.2. The molecule has 0 saturated carbocycles. The van der Waals surface area contributed by atoms with Crippen molar-refractivity contribution in [3.63, 3.8) is 0 Å². The lowest BCUT2D eigenvalue weighted by Crippen LogP contribution is -2.55. The molecule has 168 valence electrons. The van der Waals surface area contributed by atoms with Gasteiger partial charge in [-0.25, -0.2) is 4.99 Å². The highest BCUT2D eigenvalue weighted by Gasteiger charge is 2.28. The molecule has 1 N–H and O–H groups in total. The molecule has 2 fully saturated rings. The third-order valence-corrected chi connectivity index (χ3v) is 6.08. The van der Waals surface area contributed by atoms with Crippen molar-refractivity contribution in [1.29, 1.82) is 5.26 Å². The number of hydrogen-bond acceptors (Lipinski definition) is 4. The SMILES string of the molecule is CCNC(=NCc1ccc(C#N)cc1)N1CCN(CC(=O)N2CC(C)CC(C)C2)CC1. The lowest BCUT2D eigenvalue weighted by Gasteiger charge is -2.39. The van der Waals surface area contributed by atoms with Crippen LogP contribution < -0.4 is 5.32 Å². The van der Waals surface area contributed by atoms with Gasteiger partial charge in [-0.2, -0.15) is 5.26 Å². The Kier molecular flexibility index (Phi) is 8.30. The number of piperidine rings is 1. The molecule has 2 heterocycles. The third kappa shape index (κ3) is 6.70. The van der Waals surface area contributed by atoms with E-state index in [1.54, 1.807) is 0 Å². The Hall–Kier alpha value is -2.59. The zero-order valence-corrected chi connectivity index (χ0v) is 19.2. The fourth-order valence-corrected chi connectivity index (χ4v) is 4.55. The second kappa shape index (κ2) is 11.1. The monoisotopic (exact) mass is 424 g/mol. The van der Waals surface area contributed by atoms with Gasteiger partial charge in [0.05, 0.1) is 24.7 Å². The fraction of sp³-hybridized carbons (Fsp3) is 0.625. The van der Waals surface area contributed by atoms with Gasteiger partial charge in [0.1, 0.15) is 0 Å². The van der Waals surface area contributed by atoms with Crippen LogP contribution in [0.2, 0.25) is 0 Å². The van der Waals surface area contributed by atoms with Crippen molar-refractivity contribution in [1.82, 2.24) is 20.0 Å². The number of carbonyl (C=O) groups is 1. The number of piperazine rings is 1. The van der Waals surface area contributed by atoms with Gasteiger partial charge in [0.2, 0.25) is 5.91 Å². The second-order valence-electron chi connectivity index (χ2n) is 8.99. The highest BCUT2D eigenvalue weighted by Crippen LogP contribution is 2.21. The minimum Gasteiger partial charge on any atom is -0.357 e. The first kappa shape index (κ1) is 23.1. The summed E-state index contributed by atoms with van der Waals surface area (Å²) < 4.78 is 0. The molecule has 7 nitrogen and oxygen atoms in total. The molecule has 0 bridgehead atoms. The lowest BCUT2D eigenvalue weighted by molar-refractivity contribution is -0.135. The van der Waals surface area contributed by atoms with E-state index in [2.05, 4.69) is 46.9 Å². The normalized spacial score (nSPS) is 22.8. The molecule has 1 aromatic rings. The van der Waals surface area contributed by atoms with Gasteiger partial charge in [0.25, 0.3) is 0 Å². The van der Waals surface area contributed by atoms with E-state index in [0.717, 1.165) is 57.3 Å². The number of guanidine groups is 1. The maximum Gasteiger partial charge on any atom is 0.236 e. The molecule has 3 rings (SSSR count). The predicted octanol–water partition coefficient (Wildman–Crippen LogP) is 2.15. The molecule has 7 heteroatoms. The number of carbonyl (C=O) groups excluding carboxylic acids is 1. The van der Waals surface area contributed by atoms with Crippen molar-refractivity contribution >= 4 is 11.9 Å². The minimum atomic E-state index is 0.272.